The molecule has 0 bridgehead atoms. The molecular formula is C11H12F3N5S. The number of nitrogens with zero attached hydrogens (tertiary/aromatic N) is 4. The van der Waals surface area contributed by atoms with E-state index in [1.807, 2.05) is 0 Å². The molecule has 0 saturated carbocycles. The van der Waals surface area contributed by atoms with Gasteiger partial charge in [-0.1, -0.05) is 0 Å². The maximum Gasteiger partial charge on any atom is 0.451 e. The number of aromatic nitrogens is 4. The van der Waals surface area contributed by atoms with Gasteiger partial charge in [-0.25, -0.2) is 15.0 Å². The molecule has 20 heavy (non-hydrogen) atoms. The van der Waals surface area contributed by atoms with Crippen molar-refractivity contribution < 1.29 is 13.2 Å². The zero-order chi connectivity index (χ0) is 14.8. The Labute approximate surface area is 117 Å². The predicted molar refractivity (Wildman–Crippen MR) is 68.5 cm³/mol. The highest BCUT2D eigenvalue weighted by molar-refractivity contribution is 7.99. The van der Waals surface area contributed by atoms with Gasteiger partial charge in [0, 0.05) is 32.1 Å². The van der Waals surface area contributed by atoms with Crippen LogP contribution in [-0.2, 0) is 13.2 Å². The normalized spacial score (nSPS) is 11.7. The van der Waals surface area contributed by atoms with Gasteiger partial charge in [-0.15, -0.1) is 0 Å². The van der Waals surface area contributed by atoms with E-state index in [0.717, 1.165) is 11.8 Å². The van der Waals surface area contributed by atoms with E-state index < -0.39 is 12.0 Å². The first kappa shape index (κ1) is 14.6. The van der Waals surface area contributed by atoms with Crippen LogP contribution in [0.1, 0.15) is 12.7 Å². The molecule has 9 heteroatoms. The van der Waals surface area contributed by atoms with E-state index in [4.69, 9.17) is 0 Å². The van der Waals surface area contributed by atoms with Crippen LogP contribution in [0.2, 0.25) is 0 Å². The minimum absolute atomic E-state index is 0.145. The van der Waals surface area contributed by atoms with Crippen LogP contribution in [0.25, 0.3) is 0 Å². The zero-order valence-corrected chi connectivity index (χ0v) is 11.6. The second kappa shape index (κ2) is 5.70. The van der Waals surface area contributed by atoms with E-state index in [1.54, 1.807) is 30.9 Å². The quantitative estimate of drug-likeness (QED) is 0.880. The van der Waals surface area contributed by atoms with Gasteiger partial charge in [0.25, 0.3) is 0 Å². The summed E-state index contributed by atoms with van der Waals surface area (Å²) in [6, 6.07) is 1.47. The van der Waals surface area contributed by atoms with Crippen LogP contribution >= 0.6 is 11.8 Å². The van der Waals surface area contributed by atoms with Crippen molar-refractivity contribution in [3.63, 3.8) is 0 Å². The second-order valence-corrected chi connectivity index (χ2v) is 4.85. The van der Waals surface area contributed by atoms with Crippen LogP contribution in [-0.4, -0.2) is 26.1 Å². The van der Waals surface area contributed by atoms with Gasteiger partial charge < -0.3 is 9.88 Å². The molecule has 0 aliphatic carbocycles. The fourth-order valence-electron chi connectivity index (χ4n) is 1.42. The van der Waals surface area contributed by atoms with Crippen LogP contribution in [0, 0.1) is 0 Å². The Morgan fingerprint density at radius 1 is 1.35 bits per heavy atom. The summed E-state index contributed by atoms with van der Waals surface area (Å²) in [6.45, 7) is 2.25. The Hall–Kier alpha value is -1.77. The molecule has 2 rings (SSSR count). The fraction of sp³-hybridized carbons (Fsp3) is 0.364. The molecule has 2 aromatic heterocycles. The average molecular weight is 303 g/mol. The molecule has 0 spiro atoms. The van der Waals surface area contributed by atoms with Crippen LogP contribution in [0.3, 0.4) is 0 Å². The maximum absolute atomic E-state index is 12.8. The third-order valence-corrected chi connectivity index (χ3v) is 3.28. The third kappa shape index (κ3) is 3.41. The standard InChI is InChI=1S/C11H12F3N5S/c1-3-15-7-6-8(18-9(17-7)11(12,13)14)20-10-16-4-5-19(10)2/h4-6H,3H2,1-2H3,(H,15,17,18). The Morgan fingerprint density at radius 2 is 2.10 bits per heavy atom. The number of hydrogen-bond donors (Lipinski definition) is 1. The predicted octanol–water partition coefficient (Wildman–Crippen LogP) is 2.81. The first-order valence-corrected chi connectivity index (χ1v) is 6.57. The largest absolute Gasteiger partial charge is 0.451 e. The number of hydrogen-bond acceptors (Lipinski definition) is 5. The highest BCUT2D eigenvalue weighted by atomic mass is 32.2. The van der Waals surface area contributed by atoms with E-state index in [9.17, 15) is 13.2 Å². The highest BCUT2D eigenvalue weighted by Gasteiger charge is 2.35. The van der Waals surface area contributed by atoms with Gasteiger partial charge >= 0.3 is 6.18 Å². The van der Waals surface area contributed by atoms with E-state index in [0.29, 0.717) is 11.7 Å². The van der Waals surface area contributed by atoms with Crippen molar-refractivity contribution in [1.29, 1.82) is 0 Å². The van der Waals surface area contributed by atoms with Crippen molar-refractivity contribution in [2.45, 2.75) is 23.3 Å². The molecule has 108 valence electrons. The number of anilines is 1. The Kier molecular flexibility index (Phi) is 4.17. The van der Waals surface area contributed by atoms with Crippen molar-refractivity contribution in [2.75, 3.05) is 11.9 Å². The summed E-state index contributed by atoms with van der Waals surface area (Å²) < 4.78 is 40.0. The number of rotatable bonds is 4. The van der Waals surface area contributed by atoms with Crippen molar-refractivity contribution >= 4 is 17.6 Å². The summed E-state index contributed by atoms with van der Waals surface area (Å²) >= 11 is 1.05. The fourth-order valence-corrected chi connectivity index (χ4v) is 2.23. The molecule has 2 aromatic rings. The first-order valence-electron chi connectivity index (χ1n) is 5.75. The monoisotopic (exact) mass is 303 g/mol. The molecule has 1 N–H and O–H groups in total. The zero-order valence-electron chi connectivity index (χ0n) is 10.8. The molecule has 0 amide bonds. The minimum Gasteiger partial charge on any atom is -0.370 e. The summed E-state index contributed by atoms with van der Waals surface area (Å²) in [5, 5.41) is 3.51. The number of halogens is 3. The van der Waals surface area contributed by atoms with Crippen LogP contribution in [0.4, 0.5) is 19.0 Å². The Morgan fingerprint density at radius 3 is 2.65 bits per heavy atom. The number of imidazole rings is 1. The summed E-state index contributed by atoms with van der Waals surface area (Å²) in [4.78, 5) is 11.0. The van der Waals surface area contributed by atoms with Gasteiger partial charge in [0.15, 0.2) is 5.16 Å². The molecule has 0 radical (unpaired) electrons. The molecule has 5 nitrogen and oxygen atoms in total. The average Bonchev–Trinajstić information content (AvgIpc) is 2.74. The number of alkyl halides is 3. The maximum atomic E-state index is 12.8. The summed E-state index contributed by atoms with van der Waals surface area (Å²) in [7, 11) is 1.76. The van der Waals surface area contributed by atoms with E-state index >= 15 is 0 Å². The van der Waals surface area contributed by atoms with Crippen molar-refractivity contribution in [2.24, 2.45) is 7.05 Å². The summed E-state index contributed by atoms with van der Waals surface area (Å²) in [5.74, 6) is -1.01. The van der Waals surface area contributed by atoms with Crippen LogP contribution < -0.4 is 5.32 Å². The van der Waals surface area contributed by atoms with Gasteiger partial charge in [-0.2, -0.15) is 13.2 Å². The lowest BCUT2D eigenvalue weighted by Crippen LogP contribution is -2.13. The van der Waals surface area contributed by atoms with Gasteiger partial charge in [0.05, 0.1) is 0 Å². The summed E-state index contributed by atoms with van der Waals surface area (Å²) in [6.07, 6.45) is -1.30. The molecule has 0 aliphatic rings. The second-order valence-electron chi connectivity index (χ2n) is 3.87. The minimum atomic E-state index is -4.58. The SMILES string of the molecule is CCNc1cc(Sc2nccn2C)nc(C(F)(F)F)n1. The van der Waals surface area contributed by atoms with Gasteiger partial charge in [-0.3, -0.25) is 0 Å². The molecule has 0 fully saturated rings. The lowest BCUT2D eigenvalue weighted by atomic mass is 10.5. The molecule has 0 aliphatic heterocycles. The lowest BCUT2D eigenvalue weighted by molar-refractivity contribution is -0.145. The smallest absolute Gasteiger partial charge is 0.370 e. The molecule has 0 unspecified atom stereocenters. The van der Waals surface area contributed by atoms with Crippen molar-refractivity contribution in [3.8, 4) is 0 Å². The molecular weight excluding hydrogens is 291 g/mol. The van der Waals surface area contributed by atoms with Gasteiger partial charge in [-0.05, 0) is 18.7 Å². The third-order valence-electron chi connectivity index (χ3n) is 2.29. The van der Waals surface area contributed by atoms with Crippen LogP contribution in [0.15, 0.2) is 28.6 Å². The number of nitrogens with one attached hydrogen (secondary N) is 1. The van der Waals surface area contributed by atoms with E-state index in [1.165, 1.54) is 6.07 Å². The molecule has 0 saturated heterocycles. The molecule has 0 aromatic carbocycles. The van der Waals surface area contributed by atoms with Gasteiger partial charge in [0.2, 0.25) is 5.82 Å². The molecule has 0 atom stereocenters. The number of aryl methyl sites for hydroxylation is 1. The van der Waals surface area contributed by atoms with E-state index in [-0.39, 0.29) is 10.8 Å². The van der Waals surface area contributed by atoms with Gasteiger partial charge in [0.1, 0.15) is 10.8 Å². The first-order chi connectivity index (χ1) is 9.40. The van der Waals surface area contributed by atoms with Crippen molar-refractivity contribution in [1.82, 2.24) is 19.5 Å². The van der Waals surface area contributed by atoms with Crippen LogP contribution in [0.5, 0.6) is 0 Å². The van der Waals surface area contributed by atoms with E-state index in [2.05, 4.69) is 20.3 Å². The highest BCUT2D eigenvalue weighted by Crippen LogP contribution is 2.31. The lowest BCUT2D eigenvalue weighted by Gasteiger charge is -2.10. The topological polar surface area (TPSA) is 55.6 Å². The van der Waals surface area contributed by atoms with Crippen molar-refractivity contribution in [3.05, 3.63) is 24.3 Å². The Balaban J connectivity index is 2.36. The Bertz CT molecular complexity index is 596. The molecule has 2 heterocycles. The summed E-state index contributed by atoms with van der Waals surface area (Å²) in [5.41, 5.74) is 0.